The van der Waals surface area contributed by atoms with E-state index in [1.165, 1.54) is 11.3 Å². The molecule has 2 heterocycles. The summed E-state index contributed by atoms with van der Waals surface area (Å²) in [7, 11) is 1.59. The predicted molar refractivity (Wildman–Crippen MR) is 54.8 cm³/mol. The van der Waals surface area contributed by atoms with Gasteiger partial charge in [-0.2, -0.15) is 4.98 Å². The topological polar surface area (TPSA) is 71.6 Å². The number of nitrogens with zero attached hydrogens (tertiary/aromatic N) is 2. The Morgan fingerprint density at radius 3 is 2.93 bits per heavy atom. The molecule has 1 aliphatic rings. The highest BCUT2D eigenvalue weighted by molar-refractivity contribution is 7.13. The summed E-state index contributed by atoms with van der Waals surface area (Å²) in [5.74, 6) is 0.861. The van der Waals surface area contributed by atoms with Crippen LogP contribution in [0.15, 0.2) is 0 Å². The number of methoxy groups -OCH3 is 1. The molecule has 5 nitrogen and oxygen atoms in total. The molecule has 14 heavy (non-hydrogen) atoms. The Labute approximate surface area is 86.1 Å². The number of ether oxygens (including phenoxy) is 1. The number of hydrogen-bond donors (Lipinski definition) is 2. The Morgan fingerprint density at radius 1 is 1.71 bits per heavy atom. The van der Waals surface area contributed by atoms with Crippen LogP contribution in [0, 0.1) is 0 Å². The van der Waals surface area contributed by atoms with Crippen molar-refractivity contribution in [1.82, 2.24) is 4.98 Å². The highest BCUT2D eigenvalue weighted by Crippen LogP contribution is 2.33. The zero-order valence-electron chi connectivity index (χ0n) is 7.93. The number of rotatable bonds is 3. The Balaban J connectivity index is 2.18. The van der Waals surface area contributed by atoms with Gasteiger partial charge in [-0.1, -0.05) is 11.3 Å². The molecule has 0 radical (unpaired) electrons. The highest BCUT2D eigenvalue weighted by atomic mass is 32.1. The van der Waals surface area contributed by atoms with E-state index in [2.05, 4.69) is 4.98 Å². The van der Waals surface area contributed by atoms with Gasteiger partial charge in [-0.05, 0) is 0 Å². The maximum absolute atomic E-state index is 9.18. The summed E-state index contributed by atoms with van der Waals surface area (Å²) in [5.41, 5.74) is 5.60. The van der Waals surface area contributed by atoms with Gasteiger partial charge < -0.3 is 20.5 Å². The summed E-state index contributed by atoms with van der Waals surface area (Å²) in [6, 6.07) is 0. The first-order valence-electron chi connectivity index (χ1n) is 4.41. The lowest BCUT2D eigenvalue weighted by atomic mass is 10.2. The molecule has 0 spiro atoms. The minimum absolute atomic E-state index is 0.228. The van der Waals surface area contributed by atoms with E-state index in [1.807, 2.05) is 4.90 Å². The standard InChI is InChI=1S/C8H13N3O2S/c1-13-8-10-7(6(2-9)14-8)11-3-5(12)4-11/h5,12H,2-4,9H2,1H3. The minimum atomic E-state index is -0.228. The molecule has 0 unspecified atom stereocenters. The molecule has 78 valence electrons. The van der Waals surface area contributed by atoms with Crippen LogP contribution in [-0.2, 0) is 6.54 Å². The van der Waals surface area contributed by atoms with Crippen LogP contribution >= 0.6 is 11.3 Å². The third-order valence-corrected chi connectivity index (χ3v) is 3.21. The normalized spacial score (nSPS) is 16.9. The summed E-state index contributed by atoms with van der Waals surface area (Å²) in [4.78, 5) is 7.30. The summed E-state index contributed by atoms with van der Waals surface area (Å²) in [6.45, 7) is 1.74. The first kappa shape index (κ1) is 9.70. The second kappa shape index (κ2) is 3.72. The number of thiazole rings is 1. The van der Waals surface area contributed by atoms with Crippen LogP contribution in [0.2, 0.25) is 0 Å². The monoisotopic (exact) mass is 215 g/mol. The molecule has 0 aliphatic carbocycles. The third-order valence-electron chi connectivity index (χ3n) is 2.18. The average molecular weight is 215 g/mol. The van der Waals surface area contributed by atoms with Crippen LogP contribution in [0.25, 0.3) is 0 Å². The van der Waals surface area contributed by atoms with Gasteiger partial charge in [-0.3, -0.25) is 0 Å². The van der Waals surface area contributed by atoms with Crippen LogP contribution in [0.4, 0.5) is 5.82 Å². The van der Waals surface area contributed by atoms with E-state index in [0.717, 1.165) is 10.7 Å². The minimum Gasteiger partial charge on any atom is -0.473 e. The van der Waals surface area contributed by atoms with E-state index in [-0.39, 0.29) is 6.10 Å². The van der Waals surface area contributed by atoms with E-state index in [1.54, 1.807) is 7.11 Å². The van der Waals surface area contributed by atoms with Gasteiger partial charge in [-0.15, -0.1) is 0 Å². The van der Waals surface area contributed by atoms with Gasteiger partial charge in [0.05, 0.1) is 18.1 Å². The molecule has 6 heteroatoms. The molecule has 1 aromatic heterocycles. The fourth-order valence-corrected chi connectivity index (χ4v) is 2.19. The second-order valence-corrected chi connectivity index (χ2v) is 4.24. The molecule has 0 aromatic carbocycles. The zero-order chi connectivity index (χ0) is 10.1. The van der Waals surface area contributed by atoms with Gasteiger partial charge in [0.15, 0.2) is 0 Å². The zero-order valence-corrected chi connectivity index (χ0v) is 8.75. The van der Waals surface area contributed by atoms with E-state index in [4.69, 9.17) is 10.5 Å². The van der Waals surface area contributed by atoms with Crippen molar-refractivity contribution < 1.29 is 9.84 Å². The highest BCUT2D eigenvalue weighted by Gasteiger charge is 2.28. The lowest BCUT2D eigenvalue weighted by Crippen LogP contribution is -2.51. The van der Waals surface area contributed by atoms with Crippen LogP contribution in [0.5, 0.6) is 5.19 Å². The van der Waals surface area contributed by atoms with Crippen molar-refractivity contribution in [1.29, 1.82) is 0 Å². The molecule has 2 rings (SSSR count). The van der Waals surface area contributed by atoms with Crippen LogP contribution in [-0.4, -0.2) is 36.4 Å². The first-order valence-corrected chi connectivity index (χ1v) is 5.23. The molecule has 1 saturated heterocycles. The number of aliphatic hydroxyl groups is 1. The summed E-state index contributed by atoms with van der Waals surface area (Å²) in [6.07, 6.45) is -0.228. The van der Waals surface area contributed by atoms with Gasteiger partial charge in [0.25, 0.3) is 5.19 Å². The molecule has 0 bridgehead atoms. The average Bonchev–Trinajstić information content (AvgIpc) is 2.55. The molecule has 0 amide bonds. The smallest absolute Gasteiger partial charge is 0.275 e. The van der Waals surface area contributed by atoms with E-state index >= 15 is 0 Å². The van der Waals surface area contributed by atoms with Crippen molar-refractivity contribution in [2.45, 2.75) is 12.6 Å². The van der Waals surface area contributed by atoms with Crippen LogP contribution < -0.4 is 15.4 Å². The van der Waals surface area contributed by atoms with Gasteiger partial charge >= 0.3 is 0 Å². The molecule has 1 aliphatic heterocycles. The molecule has 3 N–H and O–H groups in total. The van der Waals surface area contributed by atoms with Crippen molar-refractivity contribution in [3.05, 3.63) is 4.88 Å². The number of aromatic nitrogens is 1. The molecule has 0 atom stereocenters. The van der Waals surface area contributed by atoms with Crippen LogP contribution in [0.3, 0.4) is 0 Å². The molecule has 0 saturated carbocycles. The summed E-state index contributed by atoms with van der Waals surface area (Å²) in [5, 5.41) is 9.81. The van der Waals surface area contributed by atoms with Gasteiger partial charge in [0, 0.05) is 19.6 Å². The van der Waals surface area contributed by atoms with Gasteiger partial charge in [0.2, 0.25) is 0 Å². The second-order valence-electron chi connectivity index (χ2n) is 3.19. The quantitative estimate of drug-likeness (QED) is 0.730. The maximum Gasteiger partial charge on any atom is 0.275 e. The first-order chi connectivity index (χ1) is 6.74. The number of aliphatic hydroxyl groups excluding tert-OH is 1. The van der Waals surface area contributed by atoms with Gasteiger partial charge in [-0.25, -0.2) is 0 Å². The lowest BCUT2D eigenvalue weighted by Gasteiger charge is -2.36. The van der Waals surface area contributed by atoms with E-state index in [9.17, 15) is 5.11 Å². The van der Waals surface area contributed by atoms with Crippen molar-refractivity contribution in [2.75, 3.05) is 25.1 Å². The van der Waals surface area contributed by atoms with Crippen molar-refractivity contribution in [3.8, 4) is 5.19 Å². The maximum atomic E-state index is 9.18. The molecular formula is C8H13N3O2S. The lowest BCUT2D eigenvalue weighted by molar-refractivity contribution is 0.141. The number of anilines is 1. The number of hydrogen-bond acceptors (Lipinski definition) is 6. The van der Waals surface area contributed by atoms with E-state index in [0.29, 0.717) is 24.8 Å². The Hall–Kier alpha value is -0.850. The fourth-order valence-electron chi connectivity index (χ4n) is 1.42. The SMILES string of the molecule is COc1nc(N2CC(O)C2)c(CN)s1. The van der Waals surface area contributed by atoms with Gasteiger partial charge in [0.1, 0.15) is 5.82 Å². The summed E-state index contributed by atoms with van der Waals surface area (Å²) >= 11 is 1.46. The Kier molecular flexibility index (Phi) is 2.58. The Morgan fingerprint density at radius 2 is 2.43 bits per heavy atom. The van der Waals surface area contributed by atoms with Crippen LogP contribution in [0.1, 0.15) is 4.88 Å². The fraction of sp³-hybridized carbons (Fsp3) is 0.625. The van der Waals surface area contributed by atoms with Crippen molar-refractivity contribution in [3.63, 3.8) is 0 Å². The molecule has 1 fully saturated rings. The molecule has 1 aromatic rings. The third kappa shape index (κ3) is 1.56. The summed E-state index contributed by atoms with van der Waals surface area (Å²) < 4.78 is 5.05. The molecular weight excluding hydrogens is 202 g/mol. The Bertz CT molecular complexity index is 322. The number of β-amino-alcohol motifs (C(OH)–C–C–N with tert-alkyl or cyclic N) is 1. The van der Waals surface area contributed by atoms with Crippen molar-refractivity contribution >= 4 is 17.2 Å². The predicted octanol–water partition coefficient (Wildman–Crippen LogP) is -0.209. The largest absolute Gasteiger partial charge is 0.473 e. The van der Waals surface area contributed by atoms with Crippen molar-refractivity contribution in [2.24, 2.45) is 5.73 Å². The number of nitrogens with two attached hydrogens (primary N) is 1. The van der Waals surface area contributed by atoms with E-state index < -0.39 is 0 Å².